The molecule has 3 atom stereocenters. The van der Waals surface area contributed by atoms with Crippen LogP contribution in [0.4, 0.5) is 4.79 Å². The van der Waals surface area contributed by atoms with Crippen LogP contribution in [0.3, 0.4) is 0 Å². The summed E-state index contributed by atoms with van der Waals surface area (Å²) in [6.45, 7) is 11.6. The zero-order valence-corrected chi connectivity index (χ0v) is 14.8. The van der Waals surface area contributed by atoms with Crippen LogP contribution in [0, 0.1) is 5.41 Å². The molecule has 0 saturated carbocycles. The van der Waals surface area contributed by atoms with Crippen molar-refractivity contribution in [3.63, 3.8) is 0 Å². The van der Waals surface area contributed by atoms with Crippen LogP contribution in [-0.2, 0) is 9.47 Å². The molecule has 1 saturated heterocycles. The third kappa shape index (κ3) is 5.41. The molecule has 2 N–H and O–H groups in total. The van der Waals surface area contributed by atoms with Gasteiger partial charge in [-0.25, -0.2) is 4.79 Å². The minimum atomic E-state index is -0.497. The van der Waals surface area contributed by atoms with E-state index in [1.807, 2.05) is 27.7 Å². The molecule has 1 rings (SSSR count). The summed E-state index contributed by atoms with van der Waals surface area (Å²) in [4.78, 5) is 13.8. The van der Waals surface area contributed by atoms with E-state index in [4.69, 9.17) is 9.47 Å². The lowest BCUT2D eigenvalue weighted by Crippen LogP contribution is -2.46. The molecular weight excluding hydrogens is 284 g/mol. The van der Waals surface area contributed by atoms with Crippen LogP contribution in [0.5, 0.6) is 0 Å². The summed E-state index contributed by atoms with van der Waals surface area (Å²) in [5.41, 5.74) is -0.652. The van der Waals surface area contributed by atoms with Crippen LogP contribution in [0.2, 0.25) is 0 Å². The Morgan fingerprint density at radius 2 is 1.95 bits per heavy atom. The van der Waals surface area contributed by atoms with E-state index < -0.39 is 5.60 Å². The smallest absolute Gasteiger partial charge is 0.410 e. The van der Waals surface area contributed by atoms with Gasteiger partial charge in [-0.05, 0) is 27.2 Å². The highest BCUT2D eigenvalue weighted by Gasteiger charge is 2.38. The highest BCUT2D eigenvalue weighted by atomic mass is 16.6. The Hall–Kier alpha value is -0.850. The summed E-state index contributed by atoms with van der Waals surface area (Å²) in [5, 5.41) is 12.9. The van der Waals surface area contributed by atoms with Crippen molar-refractivity contribution in [1.29, 1.82) is 0 Å². The average Bonchev–Trinajstić information content (AvgIpc) is 2.86. The summed E-state index contributed by atoms with van der Waals surface area (Å²) < 4.78 is 10.9. The fourth-order valence-electron chi connectivity index (χ4n) is 2.35. The molecule has 0 aromatic carbocycles. The van der Waals surface area contributed by atoms with Crippen molar-refractivity contribution in [3.8, 4) is 0 Å². The fourth-order valence-corrected chi connectivity index (χ4v) is 2.35. The SMILES string of the molecule is CCC(C)(CO)CNC1CN(C(=O)OC(C)(C)C)C[C@@H]1OC. The molecule has 1 heterocycles. The van der Waals surface area contributed by atoms with Gasteiger partial charge in [0.25, 0.3) is 0 Å². The summed E-state index contributed by atoms with van der Waals surface area (Å²) >= 11 is 0. The first-order chi connectivity index (χ1) is 10.1. The number of amides is 1. The molecule has 130 valence electrons. The first-order valence-electron chi connectivity index (χ1n) is 7.99. The zero-order valence-electron chi connectivity index (χ0n) is 14.8. The first-order valence-corrected chi connectivity index (χ1v) is 7.99. The van der Waals surface area contributed by atoms with Crippen molar-refractivity contribution in [2.75, 3.05) is 33.4 Å². The zero-order chi connectivity index (χ0) is 17.0. The predicted octanol–water partition coefficient (Wildman–Crippen LogP) is 1.62. The maximum Gasteiger partial charge on any atom is 0.410 e. The molecule has 0 bridgehead atoms. The maximum absolute atomic E-state index is 12.2. The highest BCUT2D eigenvalue weighted by Crippen LogP contribution is 2.21. The van der Waals surface area contributed by atoms with Crippen LogP contribution in [-0.4, -0.2) is 67.2 Å². The predicted molar refractivity (Wildman–Crippen MR) is 85.9 cm³/mol. The highest BCUT2D eigenvalue weighted by molar-refractivity contribution is 5.68. The minimum absolute atomic E-state index is 0.0509. The summed E-state index contributed by atoms with van der Waals surface area (Å²) in [6.07, 6.45) is 0.517. The average molecular weight is 316 g/mol. The topological polar surface area (TPSA) is 71.0 Å². The third-order valence-electron chi connectivity index (χ3n) is 4.25. The van der Waals surface area contributed by atoms with E-state index in [2.05, 4.69) is 12.2 Å². The number of methoxy groups -OCH3 is 1. The number of carbonyl (C=O) groups excluding carboxylic acids is 1. The van der Waals surface area contributed by atoms with Crippen molar-refractivity contribution in [3.05, 3.63) is 0 Å². The number of rotatable bonds is 6. The van der Waals surface area contributed by atoms with Gasteiger partial charge in [0.05, 0.1) is 18.7 Å². The summed E-state index contributed by atoms with van der Waals surface area (Å²) in [7, 11) is 1.66. The third-order valence-corrected chi connectivity index (χ3v) is 4.25. The van der Waals surface area contributed by atoms with Crippen LogP contribution in [0.15, 0.2) is 0 Å². The molecule has 1 amide bonds. The van der Waals surface area contributed by atoms with Gasteiger partial charge in [-0.3, -0.25) is 0 Å². The van der Waals surface area contributed by atoms with Gasteiger partial charge in [0.1, 0.15) is 5.60 Å². The van der Waals surface area contributed by atoms with Crippen molar-refractivity contribution in [2.45, 2.75) is 58.8 Å². The van der Waals surface area contributed by atoms with Gasteiger partial charge in [-0.15, -0.1) is 0 Å². The Bertz CT molecular complexity index is 364. The van der Waals surface area contributed by atoms with Crippen molar-refractivity contribution in [1.82, 2.24) is 10.2 Å². The van der Waals surface area contributed by atoms with Crippen molar-refractivity contribution in [2.24, 2.45) is 5.41 Å². The van der Waals surface area contributed by atoms with Crippen LogP contribution >= 0.6 is 0 Å². The Balaban J connectivity index is 2.60. The molecular formula is C16H32N2O4. The Labute approximate surface area is 134 Å². The lowest BCUT2D eigenvalue weighted by Gasteiger charge is -2.29. The molecule has 6 nitrogen and oxygen atoms in total. The van der Waals surface area contributed by atoms with Gasteiger partial charge < -0.3 is 24.8 Å². The molecule has 1 fully saturated rings. The molecule has 0 radical (unpaired) electrons. The van der Waals surface area contributed by atoms with Crippen LogP contribution < -0.4 is 5.32 Å². The molecule has 0 aliphatic carbocycles. The number of aliphatic hydroxyl groups is 1. The van der Waals surface area contributed by atoms with Gasteiger partial charge in [-0.1, -0.05) is 13.8 Å². The van der Waals surface area contributed by atoms with Crippen LogP contribution in [0.25, 0.3) is 0 Å². The lowest BCUT2D eigenvalue weighted by atomic mass is 9.88. The molecule has 0 aromatic heterocycles. The van der Waals surface area contributed by atoms with Gasteiger partial charge in [-0.2, -0.15) is 0 Å². The standard InChI is InChI=1S/C16H32N2O4/c1-7-16(5,11-19)10-17-12-8-18(9-13(12)21-6)14(20)22-15(2,3)4/h12-13,17,19H,7-11H2,1-6H3/t12?,13-,16?/m0/s1. The normalized spacial score (nSPS) is 25.1. The number of nitrogens with one attached hydrogen (secondary N) is 1. The largest absolute Gasteiger partial charge is 0.444 e. The van der Waals surface area contributed by atoms with Crippen molar-refractivity contribution < 1.29 is 19.4 Å². The maximum atomic E-state index is 12.2. The number of aliphatic hydroxyl groups excluding tert-OH is 1. The second-order valence-corrected chi connectivity index (χ2v) is 7.47. The number of ether oxygens (including phenoxy) is 2. The van der Waals surface area contributed by atoms with E-state index in [0.29, 0.717) is 19.6 Å². The number of carbonyl (C=O) groups is 1. The van der Waals surface area contributed by atoms with Crippen molar-refractivity contribution >= 4 is 6.09 Å². The van der Waals surface area contributed by atoms with E-state index in [9.17, 15) is 9.90 Å². The molecule has 1 aliphatic heterocycles. The number of hydrogen-bond donors (Lipinski definition) is 2. The molecule has 0 spiro atoms. The quantitative estimate of drug-likeness (QED) is 0.779. The number of likely N-dealkylation sites (tertiary alicyclic amines) is 1. The Kier molecular flexibility index (Phi) is 6.65. The summed E-state index contributed by atoms with van der Waals surface area (Å²) in [6, 6.07) is 0.0509. The van der Waals surface area contributed by atoms with Gasteiger partial charge in [0.15, 0.2) is 0 Å². The molecule has 2 unspecified atom stereocenters. The van der Waals surface area contributed by atoms with E-state index >= 15 is 0 Å². The Morgan fingerprint density at radius 1 is 1.32 bits per heavy atom. The summed E-state index contributed by atoms with van der Waals surface area (Å²) in [5.74, 6) is 0. The van der Waals surface area contributed by atoms with Gasteiger partial charge >= 0.3 is 6.09 Å². The van der Waals surface area contributed by atoms with E-state index in [1.54, 1.807) is 12.0 Å². The number of nitrogens with zero attached hydrogens (tertiary/aromatic N) is 1. The minimum Gasteiger partial charge on any atom is -0.444 e. The fraction of sp³-hybridized carbons (Fsp3) is 0.938. The first kappa shape index (κ1) is 19.2. The van der Waals surface area contributed by atoms with E-state index in [-0.39, 0.29) is 30.3 Å². The number of hydrogen-bond acceptors (Lipinski definition) is 5. The monoisotopic (exact) mass is 316 g/mol. The molecule has 1 aliphatic rings. The second-order valence-electron chi connectivity index (χ2n) is 7.47. The van der Waals surface area contributed by atoms with E-state index in [0.717, 1.165) is 6.42 Å². The lowest BCUT2D eigenvalue weighted by molar-refractivity contribution is 0.0252. The van der Waals surface area contributed by atoms with E-state index in [1.165, 1.54) is 0 Å². The van der Waals surface area contributed by atoms with Crippen LogP contribution in [0.1, 0.15) is 41.0 Å². The second kappa shape index (κ2) is 7.62. The molecule has 22 heavy (non-hydrogen) atoms. The molecule has 0 aromatic rings. The van der Waals surface area contributed by atoms with Gasteiger partial charge in [0, 0.05) is 32.2 Å². The molecule has 6 heteroatoms. The van der Waals surface area contributed by atoms with Gasteiger partial charge in [0.2, 0.25) is 0 Å². The Morgan fingerprint density at radius 3 is 2.41 bits per heavy atom.